The summed E-state index contributed by atoms with van der Waals surface area (Å²) in [4.78, 5) is 23.4. The standard InChI is InChI=1S/C17H14BrF2NO3/c18-13-4-2-1-3-10(13)7-15(17(23)24)21-16(22)8-11-5-6-12(19)9-14(11)20/h1-6,9,15H,7-8H2,(H,21,22)(H,23,24)/t15-/m0/s1. The molecule has 1 atom stereocenters. The number of nitrogens with one attached hydrogen (secondary N) is 1. The Balaban J connectivity index is 2.06. The minimum Gasteiger partial charge on any atom is -0.480 e. The molecule has 0 saturated carbocycles. The van der Waals surface area contributed by atoms with Gasteiger partial charge in [0, 0.05) is 17.0 Å². The van der Waals surface area contributed by atoms with Gasteiger partial charge in [0.15, 0.2) is 0 Å². The second kappa shape index (κ2) is 8.01. The van der Waals surface area contributed by atoms with Gasteiger partial charge in [-0.05, 0) is 23.3 Å². The maximum atomic E-state index is 13.6. The molecule has 0 unspecified atom stereocenters. The summed E-state index contributed by atoms with van der Waals surface area (Å²) in [6.07, 6.45) is -0.291. The molecule has 0 heterocycles. The number of benzene rings is 2. The normalized spacial score (nSPS) is 11.8. The highest BCUT2D eigenvalue weighted by Crippen LogP contribution is 2.18. The summed E-state index contributed by atoms with van der Waals surface area (Å²) in [6.45, 7) is 0. The van der Waals surface area contributed by atoms with Crippen molar-refractivity contribution in [3.63, 3.8) is 0 Å². The Morgan fingerprint density at radius 1 is 1.12 bits per heavy atom. The van der Waals surface area contributed by atoms with E-state index in [-0.39, 0.29) is 18.4 Å². The molecule has 1 amide bonds. The van der Waals surface area contributed by atoms with Crippen molar-refractivity contribution >= 4 is 27.8 Å². The molecule has 2 N–H and O–H groups in total. The zero-order valence-corrected chi connectivity index (χ0v) is 14.0. The summed E-state index contributed by atoms with van der Waals surface area (Å²) in [7, 11) is 0. The van der Waals surface area contributed by atoms with Crippen LogP contribution in [0.1, 0.15) is 11.1 Å². The highest BCUT2D eigenvalue weighted by atomic mass is 79.9. The quantitative estimate of drug-likeness (QED) is 0.786. The van der Waals surface area contributed by atoms with Crippen LogP contribution in [0.25, 0.3) is 0 Å². The lowest BCUT2D eigenvalue weighted by molar-refractivity contribution is -0.141. The lowest BCUT2D eigenvalue weighted by atomic mass is 10.1. The lowest BCUT2D eigenvalue weighted by Gasteiger charge is -2.15. The van der Waals surface area contributed by atoms with Crippen molar-refractivity contribution in [3.05, 3.63) is 69.7 Å². The molecule has 7 heteroatoms. The van der Waals surface area contributed by atoms with Crippen LogP contribution in [0.3, 0.4) is 0 Å². The van der Waals surface area contributed by atoms with Gasteiger partial charge in [-0.15, -0.1) is 0 Å². The third-order valence-corrected chi connectivity index (χ3v) is 4.15. The smallest absolute Gasteiger partial charge is 0.326 e. The molecule has 24 heavy (non-hydrogen) atoms. The Kier molecular flexibility index (Phi) is 6.03. The van der Waals surface area contributed by atoms with Gasteiger partial charge in [-0.3, -0.25) is 4.79 Å². The number of hydrogen-bond donors (Lipinski definition) is 2. The maximum absolute atomic E-state index is 13.6. The first kappa shape index (κ1) is 18.1. The van der Waals surface area contributed by atoms with Crippen molar-refractivity contribution < 1.29 is 23.5 Å². The van der Waals surface area contributed by atoms with Crippen LogP contribution in [0.4, 0.5) is 8.78 Å². The van der Waals surface area contributed by atoms with Gasteiger partial charge in [-0.1, -0.05) is 40.2 Å². The molecule has 0 fully saturated rings. The molecule has 0 aliphatic heterocycles. The van der Waals surface area contributed by atoms with Crippen molar-refractivity contribution in [2.24, 2.45) is 0 Å². The van der Waals surface area contributed by atoms with E-state index in [4.69, 9.17) is 0 Å². The summed E-state index contributed by atoms with van der Waals surface area (Å²) < 4.78 is 27.2. The van der Waals surface area contributed by atoms with E-state index in [2.05, 4.69) is 21.2 Å². The number of halogens is 3. The van der Waals surface area contributed by atoms with E-state index in [1.807, 2.05) is 0 Å². The number of carbonyl (C=O) groups is 2. The molecule has 0 spiro atoms. The van der Waals surface area contributed by atoms with Crippen molar-refractivity contribution in [2.45, 2.75) is 18.9 Å². The Labute approximate surface area is 145 Å². The van der Waals surface area contributed by atoms with Crippen LogP contribution in [0.5, 0.6) is 0 Å². The molecule has 0 bridgehead atoms. The molecule has 126 valence electrons. The Hall–Kier alpha value is -2.28. The number of carboxylic acid groups (broad SMARTS) is 1. The predicted octanol–water partition coefficient (Wildman–Crippen LogP) is 3.08. The van der Waals surface area contributed by atoms with Crippen LogP contribution < -0.4 is 5.32 Å². The molecule has 0 radical (unpaired) electrons. The third-order valence-electron chi connectivity index (χ3n) is 3.38. The molecular formula is C17H14BrF2NO3. The summed E-state index contributed by atoms with van der Waals surface area (Å²) in [5, 5.41) is 11.6. The lowest BCUT2D eigenvalue weighted by Crippen LogP contribution is -2.43. The highest BCUT2D eigenvalue weighted by Gasteiger charge is 2.22. The first-order chi connectivity index (χ1) is 11.4. The summed E-state index contributed by atoms with van der Waals surface area (Å²) in [5.74, 6) is -3.43. The molecule has 0 saturated heterocycles. The number of amides is 1. The Morgan fingerprint density at radius 3 is 2.46 bits per heavy atom. The largest absolute Gasteiger partial charge is 0.480 e. The monoisotopic (exact) mass is 397 g/mol. The van der Waals surface area contributed by atoms with Crippen LogP contribution in [-0.2, 0) is 22.4 Å². The molecule has 0 aliphatic carbocycles. The summed E-state index contributed by atoms with van der Waals surface area (Å²) in [6, 6.07) is 8.79. The average Bonchev–Trinajstić information content (AvgIpc) is 2.51. The van der Waals surface area contributed by atoms with Gasteiger partial charge < -0.3 is 10.4 Å². The summed E-state index contributed by atoms with van der Waals surface area (Å²) >= 11 is 3.32. The fourth-order valence-corrected chi connectivity index (χ4v) is 2.61. The Morgan fingerprint density at radius 2 is 1.83 bits per heavy atom. The van der Waals surface area contributed by atoms with E-state index in [0.29, 0.717) is 6.07 Å². The van der Waals surface area contributed by atoms with Gasteiger partial charge in [0.1, 0.15) is 17.7 Å². The highest BCUT2D eigenvalue weighted by molar-refractivity contribution is 9.10. The fraction of sp³-hybridized carbons (Fsp3) is 0.176. The molecular weight excluding hydrogens is 384 g/mol. The van der Waals surface area contributed by atoms with Gasteiger partial charge in [-0.2, -0.15) is 0 Å². The van der Waals surface area contributed by atoms with E-state index < -0.39 is 29.6 Å². The number of carbonyl (C=O) groups excluding carboxylic acids is 1. The van der Waals surface area contributed by atoms with Gasteiger partial charge >= 0.3 is 5.97 Å². The topological polar surface area (TPSA) is 66.4 Å². The van der Waals surface area contributed by atoms with Crippen LogP contribution in [0.15, 0.2) is 46.9 Å². The van der Waals surface area contributed by atoms with Crippen LogP contribution in [-0.4, -0.2) is 23.0 Å². The summed E-state index contributed by atoms with van der Waals surface area (Å²) in [5.41, 5.74) is 0.720. The van der Waals surface area contributed by atoms with E-state index in [0.717, 1.165) is 22.2 Å². The van der Waals surface area contributed by atoms with Crippen LogP contribution in [0.2, 0.25) is 0 Å². The molecule has 4 nitrogen and oxygen atoms in total. The first-order valence-electron chi connectivity index (χ1n) is 7.06. The molecule has 0 aromatic heterocycles. The van der Waals surface area contributed by atoms with Gasteiger partial charge in [0.2, 0.25) is 5.91 Å². The first-order valence-corrected chi connectivity index (χ1v) is 7.85. The molecule has 2 aromatic rings. The van der Waals surface area contributed by atoms with Gasteiger partial charge in [-0.25, -0.2) is 13.6 Å². The minimum atomic E-state index is -1.20. The van der Waals surface area contributed by atoms with E-state index in [1.54, 1.807) is 24.3 Å². The third kappa shape index (κ3) is 4.86. The van der Waals surface area contributed by atoms with Gasteiger partial charge in [0.25, 0.3) is 0 Å². The SMILES string of the molecule is O=C(Cc1ccc(F)cc1F)N[C@@H](Cc1ccccc1Br)C(=O)O. The second-order valence-corrected chi connectivity index (χ2v) is 6.02. The zero-order valence-electron chi connectivity index (χ0n) is 12.4. The fourth-order valence-electron chi connectivity index (χ4n) is 2.17. The van der Waals surface area contributed by atoms with Crippen molar-refractivity contribution in [1.82, 2.24) is 5.32 Å². The van der Waals surface area contributed by atoms with Crippen molar-refractivity contribution in [3.8, 4) is 0 Å². The number of carboxylic acids is 1. The second-order valence-electron chi connectivity index (χ2n) is 5.17. The minimum absolute atomic E-state index is 0.000990. The van der Waals surface area contributed by atoms with E-state index in [9.17, 15) is 23.5 Å². The van der Waals surface area contributed by atoms with Crippen molar-refractivity contribution in [2.75, 3.05) is 0 Å². The maximum Gasteiger partial charge on any atom is 0.326 e. The Bertz CT molecular complexity index is 767. The number of aliphatic carboxylic acids is 1. The van der Waals surface area contributed by atoms with E-state index in [1.165, 1.54) is 0 Å². The number of rotatable bonds is 6. The van der Waals surface area contributed by atoms with Crippen LogP contribution >= 0.6 is 15.9 Å². The van der Waals surface area contributed by atoms with Gasteiger partial charge in [0.05, 0.1) is 6.42 Å². The average molecular weight is 398 g/mol. The van der Waals surface area contributed by atoms with Crippen molar-refractivity contribution in [1.29, 1.82) is 0 Å². The molecule has 0 aliphatic rings. The van der Waals surface area contributed by atoms with Crippen LogP contribution in [0, 0.1) is 11.6 Å². The molecule has 2 aromatic carbocycles. The zero-order chi connectivity index (χ0) is 17.7. The molecule has 2 rings (SSSR count). The predicted molar refractivity (Wildman–Crippen MR) is 87.5 cm³/mol. The number of hydrogen-bond acceptors (Lipinski definition) is 2. The van der Waals surface area contributed by atoms with E-state index >= 15 is 0 Å².